The van der Waals surface area contributed by atoms with Gasteiger partial charge in [0.1, 0.15) is 30.9 Å². The first kappa shape index (κ1) is 48.3. The summed E-state index contributed by atoms with van der Waals surface area (Å²) in [6.07, 6.45) is 0.313. The summed E-state index contributed by atoms with van der Waals surface area (Å²) in [5.74, 6) is -2.40. The van der Waals surface area contributed by atoms with Gasteiger partial charge in [0.05, 0.1) is 0 Å². The van der Waals surface area contributed by atoms with Crippen LogP contribution >= 0.6 is 0 Å². The van der Waals surface area contributed by atoms with Gasteiger partial charge in [0.15, 0.2) is 0 Å². The summed E-state index contributed by atoms with van der Waals surface area (Å²) >= 11 is 0. The molecule has 4 aromatic carbocycles. The van der Waals surface area contributed by atoms with Crippen molar-refractivity contribution < 1.29 is 48.1 Å². The number of carboxylic acid groups (broad SMARTS) is 1. The summed E-state index contributed by atoms with van der Waals surface area (Å²) < 4.78 is 16.4. The lowest BCUT2D eigenvalue weighted by Crippen LogP contribution is -2.45. The molecule has 14 heteroatoms. The third kappa shape index (κ3) is 13.4. The van der Waals surface area contributed by atoms with E-state index in [-0.39, 0.29) is 62.5 Å². The molecule has 0 saturated heterocycles. The minimum Gasteiger partial charge on any atom is -0.480 e. The van der Waals surface area contributed by atoms with Crippen LogP contribution in [0.15, 0.2) is 97.1 Å². The monoisotopic (exact) mass is 876 g/mol. The third-order valence-corrected chi connectivity index (χ3v) is 10.7. The first-order valence-electron chi connectivity index (χ1n) is 21.9. The second kappa shape index (κ2) is 23.1. The Hall–Kier alpha value is -6.70. The fraction of sp³-hybridized carbons (Fsp3) is 0.400. The van der Waals surface area contributed by atoms with E-state index in [0.717, 1.165) is 57.3 Å². The zero-order valence-corrected chi connectivity index (χ0v) is 37.2. The van der Waals surface area contributed by atoms with Crippen LogP contribution in [0.4, 0.5) is 9.59 Å². The van der Waals surface area contributed by atoms with Gasteiger partial charge in [-0.3, -0.25) is 9.59 Å². The molecule has 0 aromatic heterocycles. The molecule has 0 aliphatic heterocycles. The van der Waals surface area contributed by atoms with E-state index < -0.39 is 41.8 Å². The highest BCUT2D eigenvalue weighted by atomic mass is 16.6. The number of alkyl carbamates (subject to hydrolysis) is 2. The van der Waals surface area contributed by atoms with Crippen LogP contribution in [0, 0.1) is 0 Å². The lowest BCUT2D eigenvalue weighted by Gasteiger charge is -2.24. The number of ether oxygens (including phenoxy) is 3. The number of carboxylic acids is 1. The molecule has 14 nitrogen and oxygen atoms in total. The molecule has 340 valence electrons. The van der Waals surface area contributed by atoms with Crippen molar-refractivity contribution in [3.63, 3.8) is 0 Å². The Labute approximate surface area is 374 Å². The summed E-state index contributed by atoms with van der Waals surface area (Å²) in [6, 6.07) is 29.9. The van der Waals surface area contributed by atoms with E-state index in [0.29, 0.717) is 13.1 Å². The van der Waals surface area contributed by atoms with E-state index in [1.54, 1.807) is 20.8 Å². The van der Waals surface area contributed by atoms with E-state index in [4.69, 9.17) is 14.2 Å². The van der Waals surface area contributed by atoms with Crippen LogP contribution in [0.2, 0.25) is 0 Å². The van der Waals surface area contributed by atoms with Crippen molar-refractivity contribution in [2.75, 3.05) is 26.3 Å². The Morgan fingerprint density at radius 3 is 1.25 bits per heavy atom. The Bertz CT molecular complexity index is 2180. The number of fused-ring (bicyclic) bond motifs is 6. The van der Waals surface area contributed by atoms with Gasteiger partial charge in [-0.05, 0) is 91.0 Å². The first-order chi connectivity index (χ1) is 30.7. The van der Waals surface area contributed by atoms with Crippen LogP contribution in [0.3, 0.4) is 0 Å². The molecule has 0 bridgehead atoms. The zero-order valence-electron chi connectivity index (χ0n) is 37.2. The van der Waals surface area contributed by atoms with Gasteiger partial charge in [-0.2, -0.15) is 0 Å². The maximum absolute atomic E-state index is 12.7. The number of amides is 4. The average molecular weight is 877 g/mol. The molecule has 2 aliphatic carbocycles. The second-order valence-electron chi connectivity index (χ2n) is 16.7. The van der Waals surface area contributed by atoms with Gasteiger partial charge in [-0.25, -0.2) is 19.2 Å². The summed E-state index contributed by atoms with van der Waals surface area (Å²) in [6.45, 7) is 10.5. The van der Waals surface area contributed by atoms with Gasteiger partial charge < -0.3 is 40.6 Å². The molecule has 0 unspecified atom stereocenters. The van der Waals surface area contributed by atoms with Gasteiger partial charge in [0, 0.05) is 37.8 Å². The maximum atomic E-state index is 12.7. The lowest BCUT2D eigenvalue weighted by atomic mass is 9.98. The Morgan fingerprint density at radius 1 is 0.562 bits per heavy atom. The highest BCUT2D eigenvalue weighted by Crippen LogP contribution is 2.45. The molecule has 64 heavy (non-hydrogen) atoms. The van der Waals surface area contributed by atoms with E-state index >= 15 is 0 Å². The highest BCUT2D eigenvalue weighted by molar-refractivity contribution is 5.84. The minimum absolute atomic E-state index is 0.00488. The van der Waals surface area contributed by atoms with E-state index in [1.807, 2.05) is 98.8 Å². The van der Waals surface area contributed by atoms with Crippen LogP contribution in [-0.2, 0) is 33.4 Å². The third-order valence-electron chi connectivity index (χ3n) is 10.7. The summed E-state index contributed by atoms with van der Waals surface area (Å²) in [5, 5.41) is 19.8. The standard InChI is InChI=1S/C27H34N2O5.C23H26N2O5/c1-5-16-28-24(30)15-14-23(25(31)34-27(2,3)4)29-26(32)33-17-22-20-12-8-6-10-18(20)19-11-7-9-13-21(19)22;1-2-13-24-21(26)12-11-20(22(27)28)25-23(29)30-14-19-17-9-5-3-7-15(17)16-8-4-6-10-18(16)19/h6-13,22-23H,5,14-17H2,1-4H3,(H,28,30)(H,29,32);3-10,19-20H,2,11-14H2,1H3,(H,24,26)(H,25,29)(H,27,28)/t23-;20-/m00/s1. The fourth-order valence-corrected chi connectivity index (χ4v) is 7.70. The number of carbonyl (C=O) groups is 6. The number of esters is 1. The predicted octanol–water partition coefficient (Wildman–Crippen LogP) is 7.83. The normalized spacial score (nSPS) is 13.3. The van der Waals surface area contributed by atoms with Crippen LogP contribution < -0.4 is 21.3 Å². The second-order valence-corrected chi connectivity index (χ2v) is 16.7. The lowest BCUT2D eigenvalue weighted by molar-refractivity contribution is -0.157. The van der Waals surface area contributed by atoms with E-state index in [2.05, 4.69) is 33.4 Å². The number of rotatable bonds is 18. The van der Waals surface area contributed by atoms with Crippen molar-refractivity contribution in [1.82, 2.24) is 21.3 Å². The van der Waals surface area contributed by atoms with Gasteiger partial charge in [-0.1, -0.05) is 111 Å². The van der Waals surface area contributed by atoms with Crippen LogP contribution in [0.5, 0.6) is 0 Å². The van der Waals surface area contributed by atoms with Gasteiger partial charge in [0.2, 0.25) is 11.8 Å². The Morgan fingerprint density at radius 2 is 0.906 bits per heavy atom. The zero-order chi connectivity index (χ0) is 46.2. The number of nitrogens with one attached hydrogen (secondary N) is 4. The minimum atomic E-state index is -1.20. The quantitative estimate of drug-likeness (QED) is 0.0485. The molecular weight excluding hydrogens is 817 g/mol. The van der Waals surface area contributed by atoms with Gasteiger partial charge in [0.25, 0.3) is 0 Å². The topological polar surface area (TPSA) is 198 Å². The number of benzene rings is 4. The molecule has 4 amide bonds. The molecule has 0 radical (unpaired) electrons. The highest BCUT2D eigenvalue weighted by Gasteiger charge is 2.32. The van der Waals surface area contributed by atoms with Crippen molar-refractivity contribution in [3.05, 3.63) is 119 Å². The molecule has 5 N–H and O–H groups in total. The average Bonchev–Trinajstić information content (AvgIpc) is 3.77. The van der Waals surface area contributed by atoms with Crippen molar-refractivity contribution in [2.24, 2.45) is 0 Å². The van der Waals surface area contributed by atoms with Gasteiger partial charge in [-0.15, -0.1) is 0 Å². The molecule has 0 fully saturated rings. The summed E-state index contributed by atoms with van der Waals surface area (Å²) in [5.41, 5.74) is 8.15. The molecule has 0 spiro atoms. The smallest absolute Gasteiger partial charge is 0.407 e. The van der Waals surface area contributed by atoms with Crippen molar-refractivity contribution in [2.45, 2.75) is 103 Å². The van der Waals surface area contributed by atoms with Crippen LogP contribution in [0.1, 0.15) is 107 Å². The van der Waals surface area contributed by atoms with Crippen molar-refractivity contribution >= 4 is 35.9 Å². The first-order valence-corrected chi connectivity index (χ1v) is 21.9. The fourth-order valence-electron chi connectivity index (χ4n) is 7.70. The molecule has 6 rings (SSSR count). The number of carbonyl (C=O) groups excluding carboxylic acids is 5. The Kier molecular flexibility index (Phi) is 17.5. The largest absolute Gasteiger partial charge is 0.480 e. The van der Waals surface area contributed by atoms with E-state index in [1.165, 1.54) is 0 Å². The molecular formula is C50H60N4O10. The summed E-state index contributed by atoms with van der Waals surface area (Å²) in [4.78, 5) is 72.8. The van der Waals surface area contributed by atoms with E-state index in [9.17, 15) is 33.9 Å². The molecule has 2 atom stereocenters. The van der Waals surface area contributed by atoms with Crippen molar-refractivity contribution in [3.8, 4) is 22.3 Å². The summed E-state index contributed by atoms with van der Waals surface area (Å²) in [7, 11) is 0. The van der Waals surface area contributed by atoms with Crippen LogP contribution in [0.25, 0.3) is 22.3 Å². The maximum Gasteiger partial charge on any atom is 0.407 e. The molecule has 0 saturated carbocycles. The van der Waals surface area contributed by atoms with Gasteiger partial charge >= 0.3 is 24.1 Å². The Balaban J connectivity index is 0.000000243. The number of hydrogen-bond acceptors (Lipinski definition) is 9. The molecule has 0 heterocycles. The van der Waals surface area contributed by atoms with Crippen LogP contribution in [-0.4, -0.2) is 85.0 Å². The number of aliphatic carboxylic acids is 1. The SMILES string of the molecule is CCCNC(=O)CC[C@H](NC(=O)OCC1c2ccccc2-c2ccccc21)C(=O)O.CCCNC(=O)CC[C@H](NC(=O)OCC1c2ccccc2-c2ccccc21)C(=O)OC(C)(C)C. The predicted molar refractivity (Wildman–Crippen MR) is 243 cm³/mol. The molecule has 2 aliphatic rings. The van der Waals surface area contributed by atoms with Crippen molar-refractivity contribution in [1.29, 1.82) is 0 Å². The number of hydrogen-bond donors (Lipinski definition) is 5. The molecule has 4 aromatic rings.